The van der Waals surface area contributed by atoms with Crippen molar-refractivity contribution in [2.45, 2.75) is 25.0 Å². The van der Waals surface area contributed by atoms with Crippen LogP contribution >= 0.6 is 27.5 Å². The Bertz CT molecular complexity index is 464. The van der Waals surface area contributed by atoms with Crippen LogP contribution < -0.4 is 11.1 Å². The van der Waals surface area contributed by atoms with Crippen LogP contribution in [0.4, 0.5) is 0 Å². The van der Waals surface area contributed by atoms with E-state index in [0.717, 1.165) is 23.9 Å². The summed E-state index contributed by atoms with van der Waals surface area (Å²) in [5.41, 5.74) is 6.14. The van der Waals surface area contributed by atoms with Crippen molar-refractivity contribution in [3.05, 3.63) is 33.3 Å². The van der Waals surface area contributed by atoms with E-state index < -0.39 is 11.9 Å². The van der Waals surface area contributed by atoms with Crippen LogP contribution in [0.3, 0.4) is 0 Å². The van der Waals surface area contributed by atoms with Gasteiger partial charge in [-0.2, -0.15) is 0 Å². The fraction of sp³-hybridized carbons (Fsp3) is 0.462. The fourth-order valence-corrected chi connectivity index (χ4v) is 2.94. The van der Waals surface area contributed by atoms with Gasteiger partial charge in [0.2, 0.25) is 5.91 Å². The summed E-state index contributed by atoms with van der Waals surface area (Å²) < 4.78 is 6.38. The summed E-state index contributed by atoms with van der Waals surface area (Å²) in [6.45, 7) is 1.38. The molecule has 2 atom stereocenters. The third-order valence-electron chi connectivity index (χ3n) is 3.13. The van der Waals surface area contributed by atoms with Gasteiger partial charge in [0.25, 0.3) is 0 Å². The number of carbonyl (C=O) groups is 1. The molecule has 6 heteroatoms. The van der Waals surface area contributed by atoms with Crippen LogP contribution in [0.5, 0.6) is 0 Å². The van der Waals surface area contributed by atoms with Gasteiger partial charge in [-0.15, -0.1) is 0 Å². The Morgan fingerprint density at radius 3 is 3.00 bits per heavy atom. The average molecular weight is 348 g/mol. The molecule has 1 aromatic rings. The normalized spacial score (nSPS) is 20.4. The lowest BCUT2D eigenvalue weighted by atomic mass is 10.1. The Labute approximate surface area is 125 Å². The van der Waals surface area contributed by atoms with E-state index >= 15 is 0 Å². The van der Waals surface area contributed by atoms with Gasteiger partial charge in [-0.25, -0.2) is 0 Å². The maximum absolute atomic E-state index is 11.6. The molecule has 0 aromatic heterocycles. The molecule has 104 valence electrons. The maximum atomic E-state index is 11.6. The zero-order chi connectivity index (χ0) is 13.8. The predicted molar refractivity (Wildman–Crippen MR) is 78.1 cm³/mol. The molecule has 4 nitrogen and oxygen atoms in total. The van der Waals surface area contributed by atoms with Gasteiger partial charge in [0.15, 0.2) is 0 Å². The van der Waals surface area contributed by atoms with E-state index in [1.807, 2.05) is 6.07 Å². The topological polar surface area (TPSA) is 64.4 Å². The molecule has 1 amide bonds. The molecule has 0 radical (unpaired) electrons. The molecule has 3 N–H and O–H groups in total. The number of halogens is 2. The number of primary amides is 1. The van der Waals surface area contributed by atoms with Gasteiger partial charge in [-0.3, -0.25) is 10.1 Å². The van der Waals surface area contributed by atoms with E-state index in [2.05, 4.69) is 21.2 Å². The van der Waals surface area contributed by atoms with Crippen molar-refractivity contribution in [3.63, 3.8) is 0 Å². The zero-order valence-electron chi connectivity index (χ0n) is 10.4. The van der Waals surface area contributed by atoms with Crippen LogP contribution in [0.15, 0.2) is 22.7 Å². The summed E-state index contributed by atoms with van der Waals surface area (Å²) in [5.74, 6) is -0.442. The van der Waals surface area contributed by atoms with E-state index in [4.69, 9.17) is 22.1 Å². The minimum absolute atomic E-state index is 0.149. The molecule has 2 rings (SSSR count). The van der Waals surface area contributed by atoms with Crippen molar-refractivity contribution < 1.29 is 9.53 Å². The third-order valence-corrected chi connectivity index (χ3v) is 3.95. The van der Waals surface area contributed by atoms with Gasteiger partial charge in [0.1, 0.15) is 6.04 Å². The zero-order valence-corrected chi connectivity index (χ0v) is 12.7. The van der Waals surface area contributed by atoms with Gasteiger partial charge in [0.05, 0.1) is 6.10 Å². The second-order valence-electron chi connectivity index (χ2n) is 4.54. The molecule has 1 fully saturated rings. The van der Waals surface area contributed by atoms with Crippen LogP contribution in [-0.2, 0) is 9.53 Å². The molecule has 2 unspecified atom stereocenters. The number of nitrogens with one attached hydrogen (secondary N) is 1. The quantitative estimate of drug-likeness (QED) is 0.859. The number of benzene rings is 1. The molecule has 0 bridgehead atoms. The minimum atomic E-state index is -0.593. The van der Waals surface area contributed by atoms with E-state index in [1.165, 1.54) is 0 Å². The van der Waals surface area contributed by atoms with Crippen LogP contribution in [0.2, 0.25) is 5.02 Å². The summed E-state index contributed by atoms with van der Waals surface area (Å²) in [6, 6.07) is 4.79. The molecule has 19 heavy (non-hydrogen) atoms. The lowest BCUT2D eigenvalue weighted by Gasteiger charge is -2.19. The van der Waals surface area contributed by atoms with Crippen molar-refractivity contribution in [3.8, 4) is 0 Å². The van der Waals surface area contributed by atoms with Crippen molar-refractivity contribution in [1.29, 1.82) is 0 Å². The SMILES string of the molecule is NC(=O)C(NCC1CCCO1)c1ccc(Br)cc1Cl. The highest BCUT2D eigenvalue weighted by Crippen LogP contribution is 2.26. The first-order chi connectivity index (χ1) is 9.08. The predicted octanol–water partition coefficient (Wildman–Crippen LogP) is 2.40. The summed E-state index contributed by atoms with van der Waals surface area (Å²) in [6.07, 6.45) is 2.22. The molecule has 1 heterocycles. The highest BCUT2D eigenvalue weighted by molar-refractivity contribution is 9.10. The standard InChI is InChI=1S/C13H16BrClN2O2/c14-8-3-4-10(11(15)6-8)12(13(16)18)17-7-9-2-1-5-19-9/h3-4,6,9,12,17H,1-2,5,7H2,(H2,16,18). The number of nitrogens with two attached hydrogens (primary N) is 1. The summed E-state index contributed by atoms with van der Waals surface area (Å²) in [7, 11) is 0. The van der Waals surface area contributed by atoms with Crippen LogP contribution in [0.1, 0.15) is 24.4 Å². The molecule has 1 aliphatic rings. The average Bonchev–Trinajstić information content (AvgIpc) is 2.84. The molecular weight excluding hydrogens is 332 g/mol. The van der Waals surface area contributed by atoms with Gasteiger partial charge in [0, 0.05) is 22.6 Å². The highest BCUT2D eigenvalue weighted by atomic mass is 79.9. The smallest absolute Gasteiger partial charge is 0.239 e. The van der Waals surface area contributed by atoms with E-state index in [1.54, 1.807) is 12.1 Å². The van der Waals surface area contributed by atoms with Crippen molar-refractivity contribution in [2.75, 3.05) is 13.2 Å². The number of amides is 1. The third kappa shape index (κ3) is 3.92. The monoisotopic (exact) mass is 346 g/mol. The first kappa shape index (κ1) is 14.8. The minimum Gasteiger partial charge on any atom is -0.377 e. The summed E-state index contributed by atoms with van der Waals surface area (Å²) in [5, 5.41) is 3.65. The van der Waals surface area contributed by atoms with Crippen molar-refractivity contribution in [2.24, 2.45) is 5.73 Å². The fourth-order valence-electron chi connectivity index (χ4n) is 2.15. The molecule has 1 saturated heterocycles. The van der Waals surface area contributed by atoms with Crippen molar-refractivity contribution in [1.82, 2.24) is 5.32 Å². The second-order valence-corrected chi connectivity index (χ2v) is 5.87. The Balaban J connectivity index is 2.08. The van der Waals surface area contributed by atoms with Gasteiger partial charge >= 0.3 is 0 Å². The Kier molecular flexibility index (Phi) is 5.21. The first-order valence-electron chi connectivity index (χ1n) is 6.17. The van der Waals surface area contributed by atoms with Crippen LogP contribution in [-0.4, -0.2) is 25.2 Å². The molecule has 0 aliphatic carbocycles. The number of rotatable bonds is 5. The van der Waals surface area contributed by atoms with Gasteiger partial charge in [-0.1, -0.05) is 33.6 Å². The number of ether oxygens (including phenoxy) is 1. The van der Waals surface area contributed by atoms with Crippen LogP contribution in [0.25, 0.3) is 0 Å². The summed E-state index contributed by atoms with van der Waals surface area (Å²) in [4.78, 5) is 11.6. The van der Waals surface area contributed by atoms with Crippen LogP contribution in [0, 0.1) is 0 Å². The second kappa shape index (κ2) is 6.70. The van der Waals surface area contributed by atoms with Crippen molar-refractivity contribution >= 4 is 33.4 Å². The molecule has 1 aliphatic heterocycles. The van der Waals surface area contributed by atoms with E-state index in [9.17, 15) is 4.79 Å². The van der Waals surface area contributed by atoms with Gasteiger partial charge < -0.3 is 10.5 Å². The van der Waals surface area contributed by atoms with E-state index in [0.29, 0.717) is 17.1 Å². The molecule has 1 aromatic carbocycles. The Morgan fingerprint density at radius 1 is 1.63 bits per heavy atom. The Morgan fingerprint density at radius 2 is 2.42 bits per heavy atom. The van der Waals surface area contributed by atoms with E-state index in [-0.39, 0.29) is 6.10 Å². The molecule has 0 saturated carbocycles. The molecule has 0 spiro atoms. The molecular formula is C13H16BrClN2O2. The number of hydrogen-bond acceptors (Lipinski definition) is 3. The lowest BCUT2D eigenvalue weighted by molar-refractivity contribution is -0.120. The lowest BCUT2D eigenvalue weighted by Crippen LogP contribution is -2.37. The largest absolute Gasteiger partial charge is 0.377 e. The first-order valence-corrected chi connectivity index (χ1v) is 7.34. The summed E-state index contributed by atoms with van der Waals surface area (Å²) >= 11 is 9.49. The maximum Gasteiger partial charge on any atom is 0.239 e. The number of hydrogen-bond donors (Lipinski definition) is 2. The highest BCUT2D eigenvalue weighted by Gasteiger charge is 2.23. The number of carbonyl (C=O) groups excluding carboxylic acids is 1. The van der Waals surface area contributed by atoms with Gasteiger partial charge in [-0.05, 0) is 30.5 Å². The Hall–Kier alpha value is -0.620.